The van der Waals surface area contributed by atoms with Crippen LogP contribution in [-0.4, -0.2) is 13.7 Å². The zero-order valence-corrected chi connectivity index (χ0v) is 13.1. The van der Waals surface area contributed by atoms with Crippen LogP contribution in [-0.2, 0) is 0 Å². The first-order valence-corrected chi connectivity index (χ1v) is 8.28. The van der Waals surface area contributed by atoms with Crippen molar-refractivity contribution in [2.24, 2.45) is 17.8 Å². The van der Waals surface area contributed by atoms with E-state index >= 15 is 0 Å². The quantitative estimate of drug-likeness (QED) is 0.843. The Morgan fingerprint density at radius 1 is 1.33 bits per heavy atom. The van der Waals surface area contributed by atoms with Crippen LogP contribution in [0.4, 0.5) is 4.39 Å². The van der Waals surface area contributed by atoms with Gasteiger partial charge in [0.15, 0.2) is 0 Å². The second-order valence-corrected chi connectivity index (χ2v) is 6.67. The van der Waals surface area contributed by atoms with Gasteiger partial charge in [-0.15, -0.1) is 0 Å². The zero-order valence-electron chi connectivity index (χ0n) is 13.1. The normalized spacial score (nSPS) is 28.8. The molecule has 0 radical (unpaired) electrons. The van der Waals surface area contributed by atoms with Crippen LogP contribution in [0.3, 0.4) is 0 Å². The molecule has 4 atom stereocenters. The van der Waals surface area contributed by atoms with E-state index in [2.05, 4.69) is 12.2 Å². The molecular formula is C18H26FNO. The molecule has 0 aliphatic heterocycles. The van der Waals surface area contributed by atoms with Crippen molar-refractivity contribution >= 4 is 0 Å². The lowest BCUT2D eigenvalue weighted by molar-refractivity contribution is 0.277. The van der Waals surface area contributed by atoms with Gasteiger partial charge in [0, 0.05) is 11.6 Å². The van der Waals surface area contributed by atoms with Crippen LogP contribution in [0.15, 0.2) is 18.2 Å². The molecule has 4 unspecified atom stereocenters. The molecule has 3 rings (SSSR count). The molecule has 1 N–H and O–H groups in total. The van der Waals surface area contributed by atoms with E-state index in [-0.39, 0.29) is 11.9 Å². The highest BCUT2D eigenvalue weighted by Crippen LogP contribution is 2.51. The summed E-state index contributed by atoms with van der Waals surface area (Å²) in [5.41, 5.74) is 0.974. The van der Waals surface area contributed by atoms with Gasteiger partial charge < -0.3 is 10.1 Å². The minimum absolute atomic E-state index is 0.179. The van der Waals surface area contributed by atoms with Crippen LogP contribution in [0.1, 0.15) is 50.6 Å². The predicted molar refractivity (Wildman–Crippen MR) is 82.9 cm³/mol. The highest BCUT2D eigenvalue weighted by molar-refractivity contribution is 5.36. The largest absolute Gasteiger partial charge is 0.496 e. The molecule has 2 saturated carbocycles. The zero-order chi connectivity index (χ0) is 14.8. The second kappa shape index (κ2) is 6.35. The standard InChI is InChI=1S/C18H26FNO/c1-3-20-17(10-14-9-12-4-5-13(14)8-12)16-11-15(19)6-7-18(16)21-2/h6-7,11-14,17,20H,3-5,8-10H2,1-2H3. The number of fused-ring (bicyclic) bond motifs is 2. The Bertz CT molecular complexity index is 490. The van der Waals surface area contributed by atoms with Crippen LogP contribution >= 0.6 is 0 Å². The first-order valence-electron chi connectivity index (χ1n) is 8.28. The Balaban J connectivity index is 1.79. The van der Waals surface area contributed by atoms with Gasteiger partial charge >= 0.3 is 0 Å². The Labute approximate surface area is 127 Å². The van der Waals surface area contributed by atoms with E-state index in [0.29, 0.717) is 0 Å². The minimum Gasteiger partial charge on any atom is -0.496 e. The number of nitrogens with one attached hydrogen (secondary N) is 1. The number of benzene rings is 1. The summed E-state index contributed by atoms with van der Waals surface area (Å²) >= 11 is 0. The van der Waals surface area contributed by atoms with E-state index in [1.165, 1.54) is 31.7 Å². The fourth-order valence-corrected chi connectivity index (χ4v) is 4.51. The van der Waals surface area contributed by atoms with Crippen molar-refractivity contribution in [3.8, 4) is 5.75 Å². The average molecular weight is 291 g/mol. The summed E-state index contributed by atoms with van der Waals surface area (Å²) in [6.45, 7) is 3.00. The third-order valence-corrected chi connectivity index (χ3v) is 5.44. The van der Waals surface area contributed by atoms with Crippen LogP contribution in [0.25, 0.3) is 0 Å². The van der Waals surface area contributed by atoms with Gasteiger partial charge in [-0.3, -0.25) is 0 Å². The molecule has 0 spiro atoms. The first kappa shape index (κ1) is 14.8. The van der Waals surface area contributed by atoms with Gasteiger partial charge in [-0.1, -0.05) is 13.3 Å². The Kier molecular flexibility index (Phi) is 4.48. The van der Waals surface area contributed by atoms with Gasteiger partial charge in [0.05, 0.1) is 7.11 Å². The monoisotopic (exact) mass is 291 g/mol. The molecule has 0 amide bonds. The lowest BCUT2D eigenvalue weighted by Crippen LogP contribution is -2.26. The van der Waals surface area contributed by atoms with Crippen LogP contribution in [0, 0.1) is 23.6 Å². The summed E-state index contributed by atoms with van der Waals surface area (Å²) in [6, 6.07) is 5.06. The van der Waals surface area contributed by atoms with Crippen molar-refractivity contribution in [3.05, 3.63) is 29.6 Å². The van der Waals surface area contributed by atoms with Crippen molar-refractivity contribution in [1.82, 2.24) is 5.32 Å². The summed E-state index contributed by atoms with van der Waals surface area (Å²) in [6.07, 6.45) is 6.72. The van der Waals surface area contributed by atoms with E-state index in [9.17, 15) is 4.39 Å². The van der Waals surface area contributed by atoms with Gasteiger partial charge in [-0.2, -0.15) is 0 Å². The molecular weight excluding hydrogens is 265 g/mol. The average Bonchev–Trinajstić information content (AvgIpc) is 3.09. The van der Waals surface area contributed by atoms with E-state index in [1.54, 1.807) is 19.2 Å². The molecule has 21 heavy (non-hydrogen) atoms. The summed E-state index contributed by atoms with van der Waals surface area (Å²) in [7, 11) is 1.66. The van der Waals surface area contributed by atoms with Crippen molar-refractivity contribution in [3.63, 3.8) is 0 Å². The van der Waals surface area contributed by atoms with Gasteiger partial charge in [0.2, 0.25) is 0 Å². The topological polar surface area (TPSA) is 21.3 Å². The van der Waals surface area contributed by atoms with E-state index < -0.39 is 0 Å². The molecule has 2 bridgehead atoms. The molecule has 1 aromatic rings. The molecule has 2 fully saturated rings. The highest BCUT2D eigenvalue weighted by Gasteiger charge is 2.40. The Morgan fingerprint density at radius 3 is 2.81 bits per heavy atom. The summed E-state index contributed by atoms with van der Waals surface area (Å²) < 4.78 is 19.1. The number of hydrogen-bond donors (Lipinski definition) is 1. The van der Waals surface area contributed by atoms with E-state index in [4.69, 9.17) is 4.74 Å². The van der Waals surface area contributed by atoms with Crippen molar-refractivity contribution in [1.29, 1.82) is 0 Å². The number of rotatable bonds is 6. The molecule has 116 valence electrons. The molecule has 1 aromatic carbocycles. The maximum absolute atomic E-state index is 13.7. The van der Waals surface area contributed by atoms with Gasteiger partial charge in [0.25, 0.3) is 0 Å². The molecule has 0 aromatic heterocycles. The SMILES string of the molecule is CCNC(CC1CC2CCC1C2)c1cc(F)ccc1OC. The number of methoxy groups -OCH3 is 1. The fraction of sp³-hybridized carbons (Fsp3) is 0.667. The highest BCUT2D eigenvalue weighted by atomic mass is 19.1. The van der Waals surface area contributed by atoms with Crippen LogP contribution in [0.2, 0.25) is 0 Å². The van der Waals surface area contributed by atoms with Crippen LogP contribution in [0.5, 0.6) is 5.75 Å². The summed E-state index contributed by atoms with van der Waals surface area (Å²) in [5, 5.41) is 3.54. The molecule has 2 aliphatic rings. The van der Waals surface area contributed by atoms with E-state index in [1.807, 2.05) is 0 Å². The van der Waals surface area contributed by atoms with Crippen LogP contribution < -0.4 is 10.1 Å². The Hall–Kier alpha value is -1.09. The van der Waals surface area contributed by atoms with E-state index in [0.717, 1.165) is 42.0 Å². The maximum Gasteiger partial charge on any atom is 0.123 e. The summed E-state index contributed by atoms with van der Waals surface area (Å²) in [5.74, 6) is 3.26. The molecule has 2 nitrogen and oxygen atoms in total. The number of halogens is 1. The Morgan fingerprint density at radius 2 is 2.19 bits per heavy atom. The van der Waals surface area contributed by atoms with Gasteiger partial charge in [-0.25, -0.2) is 4.39 Å². The molecule has 0 heterocycles. The second-order valence-electron chi connectivity index (χ2n) is 6.67. The lowest BCUT2D eigenvalue weighted by Gasteiger charge is -2.28. The van der Waals surface area contributed by atoms with Crippen molar-refractivity contribution in [2.75, 3.05) is 13.7 Å². The number of hydrogen-bond acceptors (Lipinski definition) is 2. The molecule has 3 heteroatoms. The lowest BCUT2D eigenvalue weighted by atomic mass is 9.82. The van der Waals surface area contributed by atoms with Gasteiger partial charge in [0.1, 0.15) is 11.6 Å². The first-order chi connectivity index (χ1) is 10.2. The smallest absolute Gasteiger partial charge is 0.123 e. The predicted octanol–water partition coefficient (Wildman–Crippen LogP) is 4.31. The summed E-state index contributed by atoms with van der Waals surface area (Å²) in [4.78, 5) is 0. The fourth-order valence-electron chi connectivity index (χ4n) is 4.51. The van der Waals surface area contributed by atoms with Crippen molar-refractivity contribution < 1.29 is 9.13 Å². The molecule has 2 aliphatic carbocycles. The maximum atomic E-state index is 13.7. The molecule has 0 saturated heterocycles. The third-order valence-electron chi connectivity index (χ3n) is 5.44. The van der Waals surface area contributed by atoms with Crippen molar-refractivity contribution in [2.45, 2.75) is 45.1 Å². The van der Waals surface area contributed by atoms with Gasteiger partial charge in [-0.05, 0) is 68.2 Å². The third kappa shape index (κ3) is 3.08. The number of ether oxygens (including phenoxy) is 1. The minimum atomic E-state index is -0.179.